The van der Waals surface area contributed by atoms with E-state index in [1.165, 1.54) is 21.8 Å². The van der Waals surface area contributed by atoms with Crippen LogP contribution in [-0.2, 0) is 10.0 Å². The van der Waals surface area contributed by atoms with E-state index in [9.17, 15) is 13.5 Å². The summed E-state index contributed by atoms with van der Waals surface area (Å²) in [7, 11) is -3.42. The van der Waals surface area contributed by atoms with Gasteiger partial charge < -0.3 is 5.11 Å². The summed E-state index contributed by atoms with van der Waals surface area (Å²) < 4.78 is 26.3. The Labute approximate surface area is 105 Å². The lowest BCUT2D eigenvalue weighted by molar-refractivity contribution is 0.0629. The van der Waals surface area contributed by atoms with Crippen molar-refractivity contribution in [3.05, 3.63) is 11.2 Å². The number of aliphatic hydroxyl groups excluding tert-OH is 1. The second kappa shape index (κ2) is 4.64. The molecule has 0 bridgehead atoms. The van der Waals surface area contributed by atoms with E-state index in [1.807, 2.05) is 6.92 Å². The first-order valence-electron chi connectivity index (χ1n) is 5.52. The van der Waals surface area contributed by atoms with Gasteiger partial charge in [0.15, 0.2) is 4.21 Å². The minimum atomic E-state index is -3.42. The predicted octanol–water partition coefficient (Wildman–Crippen LogP) is 0.843. The van der Waals surface area contributed by atoms with E-state index in [0.29, 0.717) is 23.7 Å². The lowest BCUT2D eigenvalue weighted by Gasteiger charge is -2.32. The molecule has 1 saturated heterocycles. The molecule has 0 spiro atoms. The summed E-state index contributed by atoms with van der Waals surface area (Å²) in [5.74, 6) is -0.0208. The van der Waals surface area contributed by atoms with Gasteiger partial charge in [-0.1, -0.05) is 6.92 Å². The summed E-state index contributed by atoms with van der Waals surface area (Å²) in [5.41, 5.74) is 0. The third-order valence-corrected chi connectivity index (χ3v) is 6.23. The first-order chi connectivity index (χ1) is 7.91. The number of thiazole rings is 1. The van der Waals surface area contributed by atoms with E-state index in [4.69, 9.17) is 0 Å². The van der Waals surface area contributed by atoms with E-state index in [-0.39, 0.29) is 5.92 Å². The van der Waals surface area contributed by atoms with Crippen LogP contribution in [0, 0.1) is 12.8 Å². The van der Waals surface area contributed by atoms with Crippen molar-refractivity contribution >= 4 is 21.4 Å². The molecule has 2 heterocycles. The summed E-state index contributed by atoms with van der Waals surface area (Å²) in [4.78, 5) is 3.98. The Hall–Kier alpha value is -0.500. The van der Waals surface area contributed by atoms with Crippen molar-refractivity contribution in [2.75, 3.05) is 13.1 Å². The largest absolute Gasteiger partial charge is 0.393 e. The normalized spacial score (nSPS) is 27.2. The number of rotatable bonds is 2. The molecule has 2 unspecified atom stereocenters. The Bertz CT molecular complexity index is 497. The smallest absolute Gasteiger partial charge is 0.254 e. The van der Waals surface area contributed by atoms with Gasteiger partial charge in [0, 0.05) is 13.1 Å². The van der Waals surface area contributed by atoms with Gasteiger partial charge in [-0.3, -0.25) is 0 Å². The van der Waals surface area contributed by atoms with Gasteiger partial charge >= 0.3 is 0 Å². The highest BCUT2D eigenvalue weighted by molar-refractivity contribution is 7.91. The SMILES string of the molecule is Cc1ncc(S(=O)(=O)N2CCC(O)C(C)C2)s1. The highest BCUT2D eigenvalue weighted by Gasteiger charge is 2.33. The van der Waals surface area contributed by atoms with Crippen molar-refractivity contribution in [3.63, 3.8) is 0 Å². The van der Waals surface area contributed by atoms with Gasteiger partial charge in [0.25, 0.3) is 10.0 Å². The van der Waals surface area contributed by atoms with E-state index < -0.39 is 16.1 Å². The first-order valence-corrected chi connectivity index (χ1v) is 7.77. The monoisotopic (exact) mass is 276 g/mol. The maximum Gasteiger partial charge on any atom is 0.254 e. The number of piperidine rings is 1. The molecule has 96 valence electrons. The maximum atomic E-state index is 12.3. The molecule has 0 aromatic carbocycles. The Balaban J connectivity index is 2.22. The second-order valence-corrected chi connectivity index (χ2v) is 7.79. The van der Waals surface area contributed by atoms with Crippen LogP contribution in [0.2, 0.25) is 0 Å². The predicted molar refractivity (Wildman–Crippen MR) is 65.4 cm³/mol. The van der Waals surface area contributed by atoms with Crippen LogP contribution in [0.1, 0.15) is 18.4 Å². The molecule has 1 N–H and O–H groups in total. The molecule has 2 atom stereocenters. The number of hydrogen-bond acceptors (Lipinski definition) is 5. The third kappa shape index (κ3) is 2.52. The van der Waals surface area contributed by atoms with Crippen molar-refractivity contribution in [2.45, 2.75) is 30.6 Å². The highest BCUT2D eigenvalue weighted by atomic mass is 32.2. The summed E-state index contributed by atoms with van der Waals surface area (Å²) in [6.07, 6.45) is 1.51. The fraction of sp³-hybridized carbons (Fsp3) is 0.700. The summed E-state index contributed by atoms with van der Waals surface area (Å²) in [6.45, 7) is 4.40. The van der Waals surface area contributed by atoms with Crippen molar-refractivity contribution in [2.24, 2.45) is 5.92 Å². The van der Waals surface area contributed by atoms with Gasteiger partial charge in [0.05, 0.1) is 17.3 Å². The fourth-order valence-corrected chi connectivity index (χ4v) is 4.72. The molecule has 1 aromatic heterocycles. The molecule has 0 radical (unpaired) electrons. The number of hydrogen-bond donors (Lipinski definition) is 1. The van der Waals surface area contributed by atoms with E-state index in [1.54, 1.807) is 6.92 Å². The highest BCUT2D eigenvalue weighted by Crippen LogP contribution is 2.26. The molecule has 1 fully saturated rings. The molecule has 0 aliphatic carbocycles. The van der Waals surface area contributed by atoms with Gasteiger partial charge in [-0.05, 0) is 19.3 Å². The van der Waals surface area contributed by atoms with Crippen LogP contribution in [-0.4, -0.2) is 42.0 Å². The van der Waals surface area contributed by atoms with Gasteiger partial charge in [0.1, 0.15) is 0 Å². The van der Waals surface area contributed by atoms with Crippen molar-refractivity contribution < 1.29 is 13.5 Å². The molecular formula is C10H16N2O3S2. The average Bonchev–Trinajstić information content (AvgIpc) is 2.69. The molecule has 7 heteroatoms. The van der Waals surface area contributed by atoms with Crippen molar-refractivity contribution in [3.8, 4) is 0 Å². The van der Waals surface area contributed by atoms with Crippen LogP contribution in [0.5, 0.6) is 0 Å². The van der Waals surface area contributed by atoms with Crippen molar-refractivity contribution in [1.82, 2.24) is 9.29 Å². The molecule has 0 amide bonds. The third-order valence-electron chi connectivity index (χ3n) is 3.02. The zero-order valence-electron chi connectivity index (χ0n) is 9.83. The minimum Gasteiger partial charge on any atom is -0.393 e. The lowest BCUT2D eigenvalue weighted by atomic mass is 9.99. The number of nitrogens with zero attached hydrogens (tertiary/aromatic N) is 2. The van der Waals surface area contributed by atoms with Crippen LogP contribution < -0.4 is 0 Å². The number of aliphatic hydroxyl groups is 1. The first kappa shape index (κ1) is 12.9. The molecule has 5 nitrogen and oxygen atoms in total. The van der Waals surface area contributed by atoms with Crippen LogP contribution in [0.15, 0.2) is 10.4 Å². The van der Waals surface area contributed by atoms with Crippen LogP contribution in [0.4, 0.5) is 0 Å². The van der Waals surface area contributed by atoms with E-state index >= 15 is 0 Å². The molecule has 1 aliphatic heterocycles. The quantitative estimate of drug-likeness (QED) is 0.869. The Morgan fingerprint density at radius 1 is 1.59 bits per heavy atom. The van der Waals surface area contributed by atoms with Crippen molar-refractivity contribution in [1.29, 1.82) is 0 Å². The summed E-state index contributed by atoms with van der Waals surface area (Å²) >= 11 is 1.19. The standard InChI is InChI=1S/C10H16N2O3S2/c1-7-6-12(4-3-9(7)13)17(14,15)10-5-11-8(2)16-10/h5,7,9,13H,3-4,6H2,1-2H3. The minimum absolute atomic E-state index is 0.0208. The second-order valence-electron chi connectivity index (χ2n) is 4.39. The van der Waals surface area contributed by atoms with E-state index in [2.05, 4.69) is 4.98 Å². The molecular weight excluding hydrogens is 260 g/mol. The molecule has 2 rings (SSSR count). The van der Waals surface area contributed by atoms with Gasteiger partial charge in [0.2, 0.25) is 0 Å². The van der Waals surface area contributed by atoms with Crippen LogP contribution >= 0.6 is 11.3 Å². The number of aromatic nitrogens is 1. The molecule has 17 heavy (non-hydrogen) atoms. The summed E-state index contributed by atoms with van der Waals surface area (Å²) in [6, 6.07) is 0. The number of aryl methyl sites for hydroxylation is 1. The van der Waals surface area contributed by atoms with Crippen LogP contribution in [0.25, 0.3) is 0 Å². The zero-order valence-corrected chi connectivity index (χ0v) is 11.5. The summed E-state index contributed by atoms with van der Waals surface area (Å²) in [5, 5.41) is 10.3. The van der Waals surface area contributed by atoms with Gasteiger partial charge in [-0.15, -0.1) is 11.3 Å². The average molecular weight is 276 g/mol. The Morgan fingerprint density at radius 3 is 2.82 bits per heavy atom. The lowest BCUT2D eigenvalue weighted by Crippen LogP contribution is -2.44. The Kier molecular flexibility index (Phi) is 3.53. The van der Waals surface area contributed by atoms with Gasteiger partial charge in [-0.2, -0.15) is 4.31 Å². The van der Waals surface area contributed by atoms with Crippen LogP contribution in [0.3, 0.4) is 0 Å². The molecule has 1 aromatic rings. The molecule has 0 saturated carbocycles. The topological polar surface area (TPSA) is 70.5 Å². The zero-order chi connectivity index (χ0) is 12.6. The van der Waals surface area contributed by atoms with E-state index in [0.717, 1.165) is 5.01 Å². The Morgan fingerprint density at radius 2 is 2.29 bits per heavy atom. The fourth-order valence-electron chi connectivity index (χ4n) is 1.90. The van der Waals surface area contributed by atoms with Gasteiger partial charge in [-0.25, -0.2) is 13.4 Å². The number of sulfonamides is 1. The molecule has 1 aliphatic rings. The maximum absolute atomic E-state index is 12.3.